The Morgan fingerprint density at radius 2 is 2.00 bits per heavy atom. The third-order valence-corrected chi connectivity index (χ3v) is 3.63. The molecule has 0 spiro atoms. The first-order valence-corrected chi connectivity index (χ1v) is 7.46. The van der Waals surface area contributed by atoms with Gasteiger partial charge in [0.1, 0.15) is 0 Å². The average molecular weight is 248 g/mol. The Bertz CT molecular complexity index is 222. The molecule has 4 nitrogen and oxygen atoms in total. The molecular weight excluding hydrogens is 224 g/mol. The molecule has 0 fully saturated rings. The summed E-state index contributed by atoms with van der Waals surface area (Å²) in [5.74, 6) is 1.32. The first kappa shape index (κ1) is 15.6. The molecule has 0 aliphatic heterocycles. The van der Waals surface area contributed by atoms with Crippen LogP contribution in [0.15, 0.2) is 0 Å². The van der Waals surface area contributed by atoms with E-state index in [1.807, 2.05) is 13.8 Å². The van der Waals surface area contributed by atoms with Gasteiger partial charge in [0.05, 0.1) is 6.04 Å². The summed E-state index contributed by atoms with van der Waals surface area (Å²) in [7, 11) is -0.758. The van der Waals surface area contributed by atoms with Crippen molar-refractivity contribution in [1.82, 2.24) is 10.6 Å². The lowest BCUT2D eigenvalue weighted by molar-refractivity contribution is -0.122. The topological polar surface area (TPSA) is 58.2 Å². The maximum atomic E-state index is 11.5. The van der Waals surface area contributed by atoms with Crippen LogP contribution >= 0.6 is 0 Å². The summed E-state index contributed by atoms with van der Waals surface area (Å²) in [6.07, 6.45) is 2.09. The van der Waals surface area contributed by atoms with E-state index in [0.717, 1.165) is 19.4 Å². The number of hydrogen-bond donors (Lipinski definition) is 2. The van der Waals surface area contributed by atoms with Gasteiger partial charge in [-0.05, 0) is 13.3 Å². The van der Waals surface area contributed by atoms with E-state index in [1.165, 1.54) is 0 Å². The van der Waals surface area contributed by atoms with Gasteiger partial charge in [0.25, 0.3) is 0 Å². The normalized spacial score (nSPS) is 14.4. The number of carbonyl (C=O) groups is 1. The lowest BCUT2D eigenvalue weighted by Crippen LogP contribution is -2.43. The smallest absolute Gasteiger partial charge is 0.236 e. The highest BCUT2D eigenvalue weighted by atomic mass is 32.2. The minimum Gasteiger partial charge on any atom is -0.355 e. The minimum atomic E-state index is -0.758. The van der Waals surface area contributed by atoms with Crippen molar-refractivity contribution in [2.24, 2.45) is 0 Å². The molecule has 16 heavy (non-hydrogen) atoms. The molecule has 1 amide bonds. The van der Waals surface area contributed by atoms with Gasteiger partial charge in [-0.3, -0.25) is 9.00 Å². The van der Waals surface area contributed by atoms with Crippen LogP contribution in [-0.2, 0) is 15.6 Å². The van der Waals surface area contributed by atoms with E-state index in [4.69, 9.17) is 0 Å². The monoisotopic (exact) mass is 248 g/mol. The molecule has 2 unspecified atom stereocenters. The molecule has 2 N–H and O–H groups in total. The van der Waals surface area contributed by atoms with Crippen LogP contribution in [0.2, 0.25) is 0 Å². The highest BCUT2D eigenvalue weighted by molar-refractivity contribution is 7.84. The van der Waals surface area contributed by atoms with Gasteiger partial charge in [-0.15, -0.1) is 0 Å². The van der Waals surface area contributed by atoms with E-state index in [9.17, 15) is 9.00 Å². The van der Waals surface area contributed by atoms with Gasteiger partial charge in [-0.2, -0.15) is 0 Å². The van der Waals surface area contributed by atoms with E-state index >= 15 is 0 Å². The van der Waals surface area contributed by atoms with Crippen LogP contribution < -0.4 is 10.6 Å². The predicted octanol–water partition coefficient (Wildman–Crippen LogP) is 0.649. The number of amides is 1. The zero-order valence-corrected chi connectivity index (χ0v) is 11.4. The van der Waals surface area contributed by atoms with Crippen molar-refractivity contribution in [3.05, 3.63) is 0 Å². The quantitative estimate of drug-likeness (QED) is 0.589. The molecule has 0 heterocycles. The first-order chi connectivity index (χ1) is 7.61. The summed E-state index contributed by atoms with van der Waals surface area (Å²) in [6.45, 7) is 7.19. The van der Waals surface area contributed by atoms with Crippen LogP contribution in [0, 0.1) is 0 Å². The van der Waals surface area contributed by atoms with Crippen molar-refractivity contribution in [2.45, 2.75) is 39.7 Å². The van der Waals surface area contributed by atoms with Gasteiger partial charge in [0.2, 0.25) is 5.91 Å². The lowest BCUT2D eigenvalue weighted by atomic mass is 10.3. The summed E-state index contributed by atoms with van der Waals surface area (Å²) in [5, 5.41) is 5.93. The van der Waals surface area contributed by atoms with Crippen molar-refractivity contribution in [3.8, 4) is 0 Å². The molecule has 0 aromatic rings. The van der Waals surface area contributed by atoms with Crippen LogP contribution in [0.1, 0.15) is 33.6 Å². The predicted molar refractivity (Wildman–Crippen MR) is 68.9 cm³/mol. The average Bonchev–Trinajstić information content (AvgIpc) is 2.28. The van der Waals surface area contributed by atoms with Gasteiger partial charge in [-0.25, -0.2) is 0 Å². The fourth-order valence-corrected chi connectivity index (χ4v) is 1.80. The second kappa shape index (κ2) is 9.78. The molecule has 0 aliphatic carbocycles. The van der Waals surface area contributed by atoms with Crippen molar-refractivity contribution in [3.63, 3.8) is 0 Å². The molecule has 0 bridgehead atoms. The third kappa shape index (κ3) is 7.82. The molecule has 0 saturated carbocycles. The summed E-state index contributed by atoms with van der Waals surface area (Å²) in [5.41, 5.74) is 0. The van der Waals surface area contributed by atoms with Gasteiger partial charge in [0.15, 0.2) is 0 Å². The van der Waals surface area contributed by atoms with E-state index in [2.05, 4.69) is 17.6 Å². The molecule has 96 valence electrons. The molecule has 2 atom stereocenters. The second-order valence-corrected chi connectivity index (χ2v) is 5.62. The first-order valence-electron chi connectivity index (χ1n) is 5.97. The zero-order valence-electron chi connectivity index (χ0n) is 10.5. The van der Waals surface area contributed by atoms with E-state index in [1.54, 1.807) is 0 Å². The van der Waals surface area contributed by atoms with Crippen molar-refractivity contribution < 1.29 is 9.00 Å². The van der Waals surface area contributed by atoms with Crippen LogP contribution in [0.3, 0.4) is 0 Å². The molecule has 0 aromatic heterocycles. The Hall–Kier alpha value is -0.420. The molecule has 0 radical (unpaired) electrons. The van der Waals surface area contributed by atoms with Crippen molar-refractivity contribution in [1.29, 1.82) is 0 Å². The van der Waals surface area contributed by atoms with Gasteiger partial charge < -0.3 is 10.6 Å². The molecule has 0 aliphatic rings. The zero-order chi connectivity index (χ0) is 12.4. The summed E-state index contributed by atoms with van der Waals surface area (Å²) < 4.78 is 11.1. The number of hydrogen-bond acceptors (Lipinski definition) is 3. The summed E-state index contributed by atoms with van der Waals surface area (Å²) in [6, 6.07) is -0.203. The third-order valence-electron chi connectivity index (χ3n) is 2.33. The highest BCUT2D eigenvalue weighted by Gasteiger charge is 2.10. The van der Waals surface area contributed by atoms with Gasteiger partial charge in [-0.1, -0.05) is 20.3 Å². The Morgan fingerprint density at radius 1 is 1.31 bits per heavy atom. The Balaban J connectivity index is 3.58. The molecule has 0 aromatic carbocycles. The molecule has 0 rings (SSSR count). The van der Waals surface area contributed by atoms with E-state index < -0.39 is 10.8 Å². The molecule has 0 saturated heterocycles. The van der Waals surface area contributed by atoms with Crippen molar-refractivity contribution in [2.75, 3.05) is 24.6 Å². The summed E-state index contributed by atoms with van der Waals surface area (Å²) >= 11 is 0. The maximum absolute atomic E-state index is 11.5. The Kier molecular flexibility index (Phi) is 9.52. The molecular formula is C11H24N2O2S. The maximum Gasteiger partial charge on any atom is 0.236 e. The Labute approximate surface area is 101 Å². The standard InChI is InChI=1S/C11H24N2O2S/c1-4-6-7-13-11(14)10(3)12-8-9-16(15)5-2/h10,12H,4-9H2,1-3H3,(H,13,14). The van der Waals surface area contributed by atoms with Crippen LogP contribution in [0.5, 0.6) is 0 Å². The number of rotatable bonds is 9. The van der Waals surface area contributed by atoms with Crippen LogP contribution in [0.4, 0.5) is 0 Å². The number of unbranched alkanes of at least 4 members (excludes halogenated alkanes) is 1. The van der Waals surface area contributed by atoms with Crippen molar-refractivity contribution >= 4 is 16.7 Å². The fraction of sp³-hybridized carbons (Fsp3) is 0.909. The second-order valence-electron chi connectivity index (χ2n) is 3.75. The van der Waals surface area contributed by atoms with Gasteiger partial charge in [0, 0.05) is 35.4 Å². The van der Waals surface area contributed by atoms with Gasteiger partial charge >= 0.3 is 0 Å². The fourth-order valence-electron chi connectivity index (χ4n) is 1.17. The van der Waals surface area contributed by atoms with E-state index in [0.29, 0.717) is 18.1 Å². The minimum absolute atomic E-state index is 0.0238. The molecule has 5 heteroatoms. The summed E-state index contributed by atoms with van der Waals surface area (Å²) in [4.78, 5) is 11.5. The van der Waals surface area contributed by atoms with Crippen LogP contribution in [0.25, 0.3) is 0 Å². The largest absolute Gasteiger partial charge is 0.355 e. The number of nitrogens with one attached hydrogen (secondary N) is 2. The number of carbonyl (C=O) groups excluding carboxylic acids is 1. The van der Waals surface area contributed by atoms with E-state index in [-0.39, 0.29) is 11.9 Å². The van der Waals surface area contributed by atoms with Crippen LogP contribution in [-0.4, -0.2) is 40.8 Å². The lowest BCUT2D eigenvalue weighted by Gasteiger charge is -2.13. The highest BCUT2D eigenvalue weighted by Crippen LogP contribution is 1.87. The Morgan fingerprint density at radius 3 is 2.56 bits per heavy atom. The SMILES string of the molecule is CCCCNC(=O)C(C)NCCS(=O)CC.